The van der Waals surface area contributed by atoms with Crippen LogP contribution in [-0.4, -0.2) is 60.7 Å². The molecule has 226 valence electrons. The van der Waals surface area contributed by atoms with Crippen molar-refractivity contribution < 1.29 is 28.2 Å². The number of pyridine rings is 1. The van der Waals surface area contributed by atoms with E-state index in [1.54, 1.807) is 10.6 Å². The van der Waals surface area contributed by atoms with Crippen molar-refractivity contribution in [2.45, 2.75) is 44.4 Å². The molecule has 45 heavy (non-hydrogen) atoms. The van der Waals surface area contributed by atoms with Gasteiger partial charge >= 0.3 is 12.0 Å². The van der Waals surface area contributed by atoms with Crippen molar-refractivity contribution in [1.82, 2.24) is 24.4 Å². The van der Waals surface area contributed by atoms with Gasteiger partial charge in [-0.25, -0.2) is 8.78 Å². The lowest BCUT2D eigenvalue weighted by Gasteiger charge is -2.31. The van der Waals surface area contributed by atoms with Gasteiger partial charge in [0.05, 0.1) is 22.5 Å². The zero-order chi connectivity index (χ0) is 30.9. The number of esters is 1. The second-order valence-corrected chi connectivity index (χ2v) is 11.9. The number of hydrogen-bond acceptors (Lipinski definition) is 8. The number of nitrogens with zero attached hydrogens (tertiary/aromatic N) is 5. The molecule has 0 unspecified atom stereocenters. The van der Waals surface area contributed by atoms with Crippen LogP contribution in [0.2, 0.25) is 0 Å². The zero-order valence-corrected chi connectivity index (χ0v) is 24.1. The van der Waals surface area contributed by atoms with Gasteiger partial charge in [-0.05, 0) is 74.5 Å². The average Bonchev–Trinajstić information content (AvgIpc) is 3.74. The van der Waals surface area contributed by atoms with Crippen LogP contribution in [0.15, 0.2) is 42.6 Å². The van der Waals surface area contributed by atoms with E-state index in [0.717, 1.165) is 44.5 Å². The Balaban J connectivity index is 1.33. The van der Waals surface area contributed by atoms with Crippen LogP contribution in [0.25, 0.3) is 44.3 Å². The summed E-state index contributed by atoms with van der Waals surface area (Å²) in [5.74, 6) is 0.338. The number of benzene rings is 2. The number of terminal acetylenes is 1. The van der Waals surface area contributed by atoms with Crippen LogP contribution in [-0.2, 0) is 22.7 Å². The third-order valence-corrected chi connectivity index (χ3v) is 9.38. The first-order valence-corrected chi connectivity index (χ1v) is 14.9. The number of aromatic hydroxyl groups is 1. The van der Waals surface area contributed by atoms with Crippen LogP contribution in [0.3, 0.4) is 0 Å². The van der Waals surface area contributed by atoms with Crippen molar-refractivity contribution in [1.29, 1.82) is 0 Å². The van der Waals surface area contributed by atoms with Gasteiger partial charge in [0.2, 0.25) is 0 Å². The first-order chi connectivity index (χ1) is 21.8. The van der Waals surface area contributed by atoms with Crippen molar-refractivity contribution in [3.63, 3.8) is 0 Å². The number of fused-ring (bicyclic) bond motifs is 4. The van der Waals surface area contributed by atoms with E-state index in [2.05, 4.69) is 20.8 Å². The molecular formula is C34H27F2N5O4. The Morgan fingerprint density at radius 1 is 1.09 bits per heavy atom. The lowest BCUT2D eigenvalue weighted by molar-refractivity contribution is -0.148. The molecule has 2 saturated heterocycles. The highest BCUT2D eigenvalue weighted by atomic mass is 19.1. The predicted molar refractivity (Wildman–Crippen MR) is 161 cm³/mol. The number of phenolic OH excluding ortho intramolecular Hbond substituents is 1. The van der Waals surface area contributed by atoms with E-state index >= 15 is 4.39 Å². The summed E-state index contributed by atoms with van der Waals surface area (Å²) in [6.07, 6.45) is 11.3. The summed E-state index contributed by atoms with van der Waals surface area (Å²) in [4.78, 5) is 28.4. The maximum absolute atomic E-state index is 16.8. The quantitative estimate of drug-likeness (QED) is 0.211. The molecule has 6 heterocycles. The molecule has 0 amide bonds. The number of ether oxygens (including phenoxy) is 2. The van der Waals surface area contributed by atoms with Gasteiger partial charge in [0.25, 0.3) is 0 Å². The summed E-state index contributed by atoms with van der Waals surface area (Å²) in [6, 6.07) is 9.03. The van der Waals surface area contributed by atoms with Gasteiger partial charge in [0.15, 0.2) is 5.82 Å². The molecule has 9 nitrogen and oxygen atoms in total. The van der Waals surface area contributed by atoms with Crippen molar-refractivity contribution in [3.8, 4) is 46.7 Å². The molecule has 0 radical (unpaired) electrons. The molecule has 3 aliphatic heterocycles. The number of cyclic esters (lactones) is 1. The van der Waals surface area contributed by atoms with Gasteiger partial charge in [-0.3, -0.25) is 14.7 Å². The molecule has 8 rings (SSSR count). The van der Waals surface area contributed by atoms with E-state index in [9.17, 15) is 14.3 Å². The molecule has 0 saturated carbocycles. The van der Waals surface area contributed by atoms with Crippen LogP contribution < -0.4 is 4.74 Å². The Kier molecular flexibility index (Phi) is 6.25. The van der Waals surface area contributed by atoms with E-state index in [1.807, 2.05) is 6.07 Å². The van der Waals surface area contributed by atoms with E-state index in [-0.39, 0.29) is 63.6 Å². The Bertz CT molecular complexity index is 2090. The van der Waals surface area contributed by atoms with Gasteiger partial charge < -0.3 is 19.1 Å². The molecule has 1 N–H and O–H groups in total. The zero-order valence-electron chi connectivity index (χ0n) is 24.1. The topological polar surface area (TPSA) is 103 Å². The molecule has 3 aliphatic rings. The molecule has 0 spiro atoms. The van der Waals surface area contributed by atoms with Gasteiger partial charge in [0.1, 0.15) is 48.2 Å². The third kappa shape index (κ3) is 4.31. The number of aromatic nitrogens is 4. The lowest BCUT2D eigenvalue weighted by Crippen LogP contribution is -2.43. The molecule has 2 fully saturated rings. The molecule has 3 aromatic heterocycles. The summed E-state index contributed by atoms with van der Waals surface area (Å²) in [5.41, 5.74) is 1.38. The van der Waals surface area contributed by atoms with E-state index in [4.69, 9.17) is 20.9 Å². The van der Waals surface area contributed by atoms with Crippen molar-refractivity contribution in [2.75, 3.05) is 19.7 Å². The first kappa shape index (κ1) is 27.5. The summed E-state index contributed by atoms with van der Waals surface area (Å²) in [6.45, 7) is 2.47. The molecule has 0 atom stereocenters. The maximum Gasteiger partial charge on any atom is 0.326 e. The Morgan fingerprint density at radius 3 is 2.71 bits per heavy atom. The lowest BCUT2D eigenvalue weighted by atomic mass is 9.95. The smallest absolute Gasteiger partial charge is 0.326 e. The molecular weight excluding hydrogens is 580 g/mol. The average molecular weight is 608 g/mol. The van der Waals surface area contributed by atoms with Gasteiger partial charge in [-0.1, -0.05) is 12.0 Å². The second kappa shape index (κ2) is 10.2. The predicted octanol–water partition coefficient (Wildman–Crippen LogP) is 5.34. The highest BCUT2D eigenvalue weighted by Crippen LogP contribution is 2.41. The minimum Gasteiger partial charge on any atom is -0.508 e. The van der Waals surface area contributed by atoms with Gasteiger partial charge in [0, 0.05) is 22.5 Å². The molecule has 2 aromatic carbocycles. The number of carbonyl (C=O) groups excluding carboxylic acids is 1. The third-order valence-electron chi connectivity index (χ3n) is 9.38. The summed E-state index contributed by atoms with van der Waals surface area (Å²) >= 11 is 0. The van der Waals surface area contributed by atoms with Gasteiger partial charge in [-0.15, -0.1) is 6.42 Å². The second-order valence-electron chi connectivity index (χ2n) is 11.9. The van der Waals surface area contributed by atoms with Crippen molar-refractivity contribution in [3.05, 3.63) is 65.5 Å². The van der Waals surface area contributed by atoms with Crippen molar-refractivity contribution in [2.24, 2.45) is 0 Å². The van der Waals surface area contributed by atoms with Crippen LogP contribution in [0.1, 0.15) is 36.9 Å². The fraction of sp³-hybridized carbons (Fsp3) is 0.294. The summed E-state index contributed by atoms with van der Waals surface area (Å²) in [7, 11) is 0. The molecule has 0 bridgehead atoms. The van der Waals surface area contributed by atoms with Crippen LogP contribution in [0.4, 0.5) is 8.78 Å². The Hall–Kier alpha value is -5.08. The molecule has 5 aromatic rings. The number of rotatable bonds is 5. The molecule has 11 heteroatoms. The van der Waals surface area contributed by atoms with Crippen LogP contribution in [0, 0.1) is 24.0 Å². The first-order valence-electron chi connectivity index (χ1n) is 14.9. The molecule has 0 aliphatic carbocycles. The van der Waals surface area contributed by atoms with Crippen LogP contribution in [0.5, 0.6) is 11.8 Å². The maximum atomic E-state index is 16.8. The number of hydrogen-bond donors (Lipinski definition) is 1. The Morgan fingerprint density at radius 2 is 1.91 bits per heavy atom. The fourth-order valence-electron chi connectivity index (χ4n) is 7.26. The normalized spacial score (nSPS) is 17.3. The highest BCUT2D eigenvalue weighted by Gasteiger charge is 2.45. The number of phenols is 1. The minimum absolute atomic E-state index is 0.00765. The fourth-order valence-corrected chi connectivity index (χ4v) is 7.26. The van der Waals surface area contributed by atoms with Crippen molar-refractivity contribution >= 4 is 27.6 Å². The van der Waals surface area contributed by atoms with Crippen LogP contribution >= 0.6 is 0 Å². The largest absolute Gasteiger partial charge is 0.508 e. The number of carbonyl (C=O) groups is 1. The van der Waals surface area contributed by atoms with Gasteiger partial charge in [-0.2, -0.15) is 9.97 Å². The number of halogens is 2. The van der Waals surface area contributed by atoms with E-state index in [0.29, 0.717) is 23.4 Å². The summed E-state index contributed by atoms with van der Waals surface area (Å²) < 4.78 is 44.9. The standard InChI is InChI=1S/C34H27F2N5O4/c1-2-22-25(35)7-5-19-13-21(42)14-23(28(19)22)31-29(36)32-24(15-37-31)30(26-8-6-20-17-44-27(43)16-41(20)26)38-33(39-32)45-18-34-9-3-11-40(34)12-4-10-34/h1,5-8,13-15,42H,3-4,9-12,16-18H2. The minimum atomic E-state index is -0.813. The van der Waals surface area contributed by atoms with E-state index in [1.165, 1.54) is 30.5 Å². The summed E-state index contributed by atoms with van der Waals surface area (Å²) in [5, 5.41) is 11.5. The monoisotopic (exact) mass is 607 g/mol. The highest BCUT2D eigenvalue weighted by molar-refractivity contribution is 6.03. The Labute approximate surface area is 256 Å². The van der Waals surface area contributed by atoms with E-state index < -0.39 is 17.6 Å². The SMILES string of the molecule is C#Cc1c(F)ccc2cc(O)cc(-c3ncc4c(-c5ccc6n5CC(=O)OC6)nc(OCC56CCCN5CCC6)nc4c3F)c12.